The van der Waals surface area contributed by atoms with Crippen molar-refractivity contribution in [3.05, 3.63) is 24.3 Å². The zero-order chi connectivity index (χ0) is 14.3. The highest BCUT2D eigenvalue weighted by Crippen LogP contribution is 2.14. The third-order valence-corrected chi connectivity index (χ3v) is 2.58. The highest BCUT2D eigenvalue weighted by Gasteiger charge is 2.07. The van der Waals surface area contributed by atoms with Gasteiger partial charge in [0.2, 0.25) is 5.91 Å². The molecule has 0 spiro atoms. The SMILES string of the molecule is CCC(=O)Nc1cccc(NCCNC(C)(C)C)c1. The first kappa shape index (κ1) is 15.5. The molecule has 0 atom stereocenters. The van der Waals surface area contributed by atoms with Gasteiger partial charge in [0.15, 0.2) is 0 Å². The average Bonchev–Trinajstić information content (AvgIpc) is 2.34. The number of anilines is 2. The lowest BCUT2D eigenvalue weighted by Crippen LogP contribution is -2.38. The monoisotopic (exact) mass is 263 g/mol. The van der Waals surface area contributed by atoms with Crippen LogP contribution >= 0.6 is 0 Å². The van der Waals surface area contributed by atoms with Gasteiger partial charge in [0.05, 0.1) is 0 Å². The zero-order valence-corrected chi connectivity index (χ0v) is 12.3. The minimum absolute atomic E-state index is 0.0338. The standard InChI is InChI=1S/C15H25N3O/c1-5-14(19)18-13-8-6-7-12(11-13)16-9-10-17-15(2,3)4/h6-8,11,16-17H,5,9-10H2,1-4H3,(H,18,19). The summed E-state index contributed by atoms with van der Waals surface area (Å²) in [6.45, 7) is 10.0. The van der Waals surface area contributed by atoms with Gasteiger partial charge in [0.25, 0.3) is 0 Å². The van der Waals surface area contributed by atoms with Crippen molar-refractivity contribution >= 4 is 17.3 Å². The third kappa shape index (κ3) is 6.82. The Hall–Kier alpha value is -1.55. The van der Waals surface area contributed by atoms with Crippen molar-refractivity contribution in [2.45, 2.75) is 39.7 Å². The molecule has 0 aliphatic rings. The highest BCUT2D eigenvalue weighted by atomic mass is 16.1. The number of hydrogen-bond donors (Lipinski definition) is 3. The number of amides is 1. The summed E-state index contributed by atoms with van der Waals surface area (Å²) in [6.07, 6.45) is 0.493. The lowest BCUT2D eigenvalue weighted by Gasteiger charge is -2.20. The van der Waals surface area contributed by atoms with E-state index in [1.807, 2.05) is 31.2 Å². The summed E-state index contributed by atoms with van der Waals surface area (Å²) < 4.78 is 0. The van der Waals surface area contributed by atoms with Gasteiger partial charge in [-0.1, -0.05) is 13.0 Å². The number of hydrogen-bond acceptors (Lipinski definition) is 3. The van der Waals surface area contributed by atoms with Crippen LogP contribution < -0.4 is 16.0 Å². The van der Waals surface area contributed by atoms with Crippen molar-refractivity contribution in [3.8, 4) is 0 Å². The van der Waals surface area contributed by atoms with Crippen LogP contribution in [0, 0.1) is 0 Å². The van der Waals surface area contributed by atoms with E-state index in [9.17, 15) is 4.79 Å². The largest absolute Gasteiger partial charge is 0.384 e. The van der Waals surface area contributed by atoms with E-state index in [0.717, 1.165) is 24.5 Å². The van der Waals surface area contributed by atoms with Crippen LogP contribution in [-0.4, -0.2) is 24.5 Å². The number of rotatable bonds is 6. The Bertz CT molecular complexity index is 410. The van der Waals surface area contributed by atoms with Gasteiger partial charge in [0, 0.05) is 36.4 Å². The lowest BCUT2D eigenvalue weighted by molar-refractivity contribution is -0.115. The van der Waals surface area contributed by atoms with Crippen LogP contribution in [0.3, 0.4) is 0 Å². The van der Waals surface area contributed by atoms with Gasteiger partial charge in [-0.3, -0.25) is 4.79 Å². The van der Waals surface area contributed by atoms with E-state index >= 15 is 0 Å². The molecule has 4 nitrogen and oxygen atoms in total. The van der Waals surface area contributed by atoms with E-state index in [4.69, 9.17) is 0 Å². The Morgan fingerprint density at radius 2 is 1.84 bits per heavy atom. The van der Waals surface area contributed by atoms with Crippen molar-refractivity contribution in [2.24, 2.45) is 0 Å². The van der Waals surface area contributed by atoms with E-state index < -0.39 is 0 Å². The van der Waals surface area contributed by atoms with E-state index in [1.54, 1.807) is 0 Å². The molecule has 0 aliphatic heterocycles. The molecule has 0 saturated heterocycles. The molecule has 1 aromatic rings. The minimum Gasteiger partial charge on any atom is -0.384 e. The second-order valence-corrected chi connectivity index (χ2v) is 5.59. The molecule has 0 aromatic heterocycles. The van der Waals surface area contributed by atoms with E-state index in [2.05, 4.69) is 36.7 Å². The molecule has 1 amide bonds. The molecule has 0 saturated carbocycles. The molecular weight excluding hydrogens is 238 g/mol. The molecule has 3 N–H and O–H groups in total. The summed E-state index contributed by atoms with van der Waals surface area (Å²) in [5.41, 5.74) is 1.99. The van der Waals surface area contributed by atoms with Crippen molar-refractivity contribution in [1.82, 2.24) is 5.32 Å². The van der Waals surface area contributed by atoms with Gasteiger partial charge in [-0.2, -0.15) is 0 Å². The Balaban J connectivity index is 2.42. The molecule has 106 valence electrons. The van der Waals surface area contributed by atoms with Crippen molar-refractivity contribution in [1.29, 1.82) is 0 Å². The van der Waals surface area contributed by atoms with Crippen LogP contribution in [0.15, 0.2) is 24.3 Å². The normalized spacial score (nSPS) is 11.2. The van der Waals surface area contributed by atoms with Gasteiger partial charge in [-0.25, -0.2) is 0 Å². The van der Waals surface area contributed by atoms with Crippen LogP contribution in [0.2, 0.25) is 0 Å². The zero-order valence-electron chi connectivity index (χ0n) is 12.3. The molecule has 0 heterocycles. The first-order valence-electron chi connectivity index (χ1n) is 6.79. The molecule has 19 heavy (non-hydrogen) atoms. The van der Waals surface area contributed by atoms with Crippen molar-refractivity contribution in [2.75, 3.05) is 23.7 Å². The summed E-state index contributed by atoms with van der Waals surface area (Å²) in [5, 5.41) is 9.60. The highest BCUT2D eigenvalue weighted by molar-refractivity contribution is 5.90. The quantitative estimate of drug-likeness (QED) is 0.692. The number of carbonyl (C=O) groups is 1. The van der Waals surface area contributed by atoms with Crippen LogP contribution in [0.1, 0.15) is 34.1 Å². The van der Waals surface area contributed by atoms with Gasteiger partial charge < -0.3 is 16.0 Å². The van der Waals surface area contributed by atoms with Crippen LogP contribution in [0.4, 0.5) is 11.4 Å². The predicted octanol–water partition coefficient (Wildman–Crippen LogP) is 2.84. The van der Waals surface area contributed by atoms with E-state index in [0.29, 0.717) is 6.42 Å². The summed E-state index contributed by atoms with van der Waals surface area (Å²) in [5.74, 6) is 0.0338. The smallest absolute Gasteiger partial charge is 0.224 e. The molecule has 0 unspecified atom stereocenters. The number of carbonyl (C=O) groups excluding carboxylic acids is 1. The molecule has 1 rings (SSSR count). The molecular formula is C15H25N3O. The van der Waals surface area contributed by atoms with Crippen LogP contribution in [0.25, 0.3) is 0 Å². The molecule has 4 heteroatoms. The first-order valence-corrected chi connectivity index (χ1v) is 6.79. The maximum Gasteiger partial charge on any atom is 0.224 e. The molecule has 0 aliphatic carbocycles. The summed E-state index contributed by atoms with van der Waals surface area (Å²) in [6, 6.07) is 7.78. The fraction of sp³-hybridized carbons (Fsp3) is 0.533. The Kier molecular flexibility index (Phi) is 5.83. The Morgan fingerprint density at radius 1 is 1.16 bits per heavy atom. The molecule has 0 bridgehead atoms. The van der Waals surface area contributed by atoms with Gasteiger partial charge in [-0.05, 0) is 39.0 Å². The average molecular weight is 263 g/mol. The summed E-state index contributed by atoms with van der Waals surface area (Å²) >= 11 is 0. The maximum atomic E-state index is 11.3. The Labute approximate surface area is 116 Å². The third-order valence-electron chi connectivity index (χ3n) is 2.58. The summed E-state index contributed by atoms with van der Waals surface area (Å²) in [4.78, 5) is 11.3. The van der Waals surface area contributed by atoms with E-state index in [1.165, 1.54) is 0 Å². The van der Waals surface area contributed by atoms with Gasteiger partial charge in [-0.15, -0.1) is 0 Å². The fourth-order valence-electron chi connectivity index (χ4n) is 1.60. The topological polar surface area (TPSA) is 53.2 Å². The first-order chi connectivity index (χ1) is 8.90. The van der Waals surface area contributed by atoms with E-state index in [-0.39, 0.29) is 11.4 Å². The van der Waals surface area contributed by atoms with Crippen LogP contribution in [0.5, 0.6) is 0 Å². The fourth-order valence-corrected chi connectivity index (χ4v) is 1.60. The second-order valence-electron chi connectivity index (χ2n) is 5.59. The summed E-state index contributed by atoms with van der Waals surface area (Å²) in [7, 11) is 0. The molecule has 0 radical (unpaired) electrons. The Morgan fingerprint density at radius 3 is 2.47 bits per heavy atom. The maximum absolute atomic E-state index is 11.3. The molecule has 0 fully saturated rings. The predicted molar refractivity (Wildman–Crippen MR) is 81.6 cm³/mol. The van der Waals surface area contributed by atoms with Gasteiger partial charge >= 0.3 is 0 Å². The number of benzene rings is 1. The lowest BCUT2D eigenvalue weighted by atomic mass is 10.1. The van der Waals surface area contributed by atoms with Gasteiger partial charge in [0.1, 0.15) is 0 Å². The second kappa shape index (κ2) is 7.14. The molecule has 1 aromatic carbocycles. The van der Waals surface area contributed by atoms with Crippen molar-refractivity contribution < 1.29 is 4.79 Å². The minimum atomic E-state index is 0.0338. The number of nitrogens with one attached hydrogen (secondary N) is 3. The van der Waals surface area contributed by atoms with Crippen molar-refractivity contribution in [3.63, 3.8) is 0 Å². The van der Waals surface area contributed by atoms with Crippen LogP contribution in [-0.2, 0) is 4.79 Å².